The first kappa shape index (κ1) is 12.6. The van der Waals surface area contributed by atoms with Crippen LogP contribution in [-0.2, 0) is 13.5 Å². The predicted molar refractivity (Wildman–Crippen MR) is 74.7 cm³/mol. The van der Waals surface area contributed by atoms with Crippen LogP contribution in [0.2, 0.25) is 0 Å². The van der Waals surface area contributed by atoms with E-state index in [2.05, 4.69) is 15.2 Å². The summed E-state index contributed by atoms with van der Waals surface area (Å²) in [5.74, 6) is 0.981. The van der Waals surface area contributed by atoms with Crippen LogP contribution in [0.15, 0.2) is 41.1 Å². The van der Waals surface area contributed by atoms with Gasteiger partial charge in [-0.15, -0.1) is 0 Å². The zero-order valence-electron chi connectivity index (χ0n) is 11.2. The molecule has 0 atom stereocenters. The monoisotopic (exact) mass is 269 g/mol. The van der Waals surface area contributed by atoms with E-state index in [4.69, 9.17) is 10.3 Å². The number of aromatic nitrogens is 4. The largest absolute Gasteiger partial charge is 0.334 e. The summed E-state index contributed by atoms with van der Waals surface area (Å²) < 4.78 is 7.01. The third kappa shape index (κ3) is 2.46. The molecule has 0 aliphatic carbocycles. The second-order valence-corrected chi connectivity index (χ2v) is 4.54. The Morgan fingerprint density at radius 1 is 1.30 bits per heavy atom. The van der Waals surface area contributed by atoms with E-state index in [1.807, 2.05) is 43.6 Å². The first-order valence-electron chi connectivity index (χ1n) is 6.39. The molecule has 0 radical (unpaired) electrons. The molecule has 0 bridgehead atoms. The maximum absolute atomic E-state index is 5.57. The van der Waals surface area contributed by atoms with Crippen LogP contribution in [0.1, 0.15) is 5.56 Å². The number of nitrogens with two attached hydrogens (primary N) is 1. The fraction of sp³-hybridized carbons (Fsp3) is 0.214. The zero-order valence-corrected chi connectivity index (χ0v) is 11.2. The molecular weight excluding hydrogens is 254 g/mol. The average Bonchev–Trinajstić information content (AvgIpc) is 3.08. The molecule has 0 spiro atoms. The molecule has 3 rings (SSSR count). The van der Waals surface area contributed by atoms with Gasteiger partial charge in [0.25, 0.3) is 5.89 Å². The van der Waals surface area contributed by atoms with Crippen molar-refractivity contribution in [1.82, 2.24) is 19.9 Å². The lowest BCUT2D eigenvalue weighted by Gasteiger charge is -1.99. The molecule has 0 fully saturated rings. The predicted octanol–water partition coefficient (Wildman–Crippen LogP) is 1.64. The van der Waals surface area contributed by atoms with Gasteiger partial charge in [0.05, 0.1) is 0 Å². The minimum Gasteiger partial charge on any atom is -0.334 e. The van der Waals surface area contributed by atoms with E-state index < -0.39 is 0 Å². The number of hydrogen-bond acceptors (Lipinski definition) is 5. The summed E-state index contributed by atoms with van der Waals surface area (Å²) in [6, 6.07) is 9.80. The molecule has 2 N–H and O–H groups in total. The van der Waals surface area contributed by atoms with Crippen LogP contribution in [0.4, 0.5) is 0 Å². The topological polar surface area (TPSA) is 82.8 Å². The summed E-state index contributed by atoms with van der Waals surface area (Å²) in [5.41, 5.74) is 8.31. The summed E-state index contributed by atoms with van der Waals surface area (Å²) >= 11 is 0. The van der Waals surface area contributed by atoms with E-state index in [0.29, 0.717) is 24.0 Å². The number of benzene rings is 1. The average molecular weight is 269 g/mol. The molecule has 3 aromatic rings. The molecule has 2 heterocycles. The van der Waals surface area contributed by atoms with Crippen molar-refractivity contribution in [1.29, 1.82) is 0 Å². The van der Waals surface area contributed by atoms with Crippen molar-refractivity contribution in [2.45, 2.75) is 6.42 Å². The van der Waals surface area contributed by atoms with Crippen molar-refractivity contribution in [2.24, 2.45) is 12.8 Å². The van der Waals surface area contributed by atoms with Gasteiger partial charge in [0.2, 0.25) is 5.82 Å². The van der Waals surface area contributed by atoms with Gasteiger partial charge in [-0.05, 0) is 36.7 Å². The Hall–Kier alpha value is -2.47. The molecule has 6 nitrogen and oxygen atoms in total. The second-order valence-electron chi connectivity index (χ2n) is 4.54. The van der Waals surface area contributed by atoms with Gasteiger partial charge in [-0.1, -0.05) is 17.3 Å². The van der Waals surface area contributed by atoms with Crippen LogP contribution in [-0.4, -0.2) is 26.5 Å². The Labute approximate surface area is 116 Å². The van der Waals surface area contributed by atoms with Crippen LogP contribution in [0.3, 0.4) is 0 Å². The fourth-order valence-corrected chi connectivity index (χ4v) is 2.01. The quantitative estimate of drug-likeness (QED) is 0.778. The van der Waals surface area contributed by atoms with Gasteiger partial charge in [-0.2, -0.15) is 10.1 Å². The highest BCUT2D eigenvalue weighted by atomic mass is 16.5. The number of aryl methyl sites for hydroxylation is 1. The van der Waals surface area contributed by atoms with E-state index in [1.54, 1.807) is 4.68 Å². The van der Waals surface area contributed by atoms with Crippen LogP contribution >= 0.6 is 0 Å². The van der Waals surface area contributed by atoms with Gasteiger partial charge < -0.3 is 10.3 Å². The summed E-state index contributed by atoms with van der Waals surface area (Å²) in [6.07, 6.45) is 2.67. The lowest BCUT2D eigenvalue weighted by Crippen LogP contribution is -2.02. The Bertz CT molecular complexity index is 716. The third-order valence-electron chi connectivity index (χ3n) is 2.98. The summed E-state index contributed by atoms with van der Waals surface area (Å²) in [5, 5.41) is 8.22. The van der Waals surface area contributed by atoms with Gasteiger partial charge in [0.1, 0.15) is 5.69 Å². The van der Waals surface area contributed by atoms with Crippen molar-refractivity contribution in [2.75, 3.05) is 6.54 Å². The van der Waals surface area contributed by atoms with Gasteiger partial charge in [-0.3, -0.25) is 4.68 Å². The van der Waals surface area contributed by atoms with E-state index in [9.17, 15) is 0 Å². The third-order valence-corrected chi connectivity index (χ3v) is 2.98. The van der Waals surface area contributed by atoms with Crippen molar-refractivity contribution < 1.29 is 4.52 Å². The summed E-state index contributed by atoms with van der Waals surface area (Å²) in [7, 11) is 1.85. The molecule has 0 saturated carbocycles. The standard InChI is InChI=1S/C14H15N5O/c1-19-8-6-12(17-19)13-16-14(20-18-13)11-4-2-3-10(9-11)5-7-15/h2-4,6,8-9H,5,7,15H2,1H3. The van der Waals surface area contributed by atoms with E-state index in [1.165, 1.54) is 0 Å². The normalized spacial score (nSPS) is 10.9. The van der Waals surface area contributed by atoms with Crippen molar-refractivity contribution >= 4 is 0 Å². The van der Waals surface area contributed by atoms with Crippen molar-refractivity contribution in [3.8, 4) is 23.0 Å². The lowest BCUT2D eigenvalue weighted by molar-refractivity contribution is 0.432. The first-order chi connectivity index (χ1) is 9.76. The van der Waals surface area contributed by atoms with E-state index in [-0.39, 0.29) is 0 Å². The van der Waals surface area contributed by atoms with Crippen LogP contribution in [0, 0.1) is 0 Å². The summed E-state index contributed by atoms with van der Waals surface area (Å²) in [6.45, 7) is 0.618. The van der Waals surface area contributed by atoms with Crippen LogP contribution < -0.4 is 5.73 Å². The zero-order chi connectivity index (χ0) is 13.9. The molecule has 6 heteroatoms. The molecule has 102 valence electrons. The summed E-state index contributed by atoms with van der Waals surface area (Å²) in [4.78, 5) is 4.38. The maximum atomic E-state index is 5.57. The highest BCUT2D eigenvalue weighted by Crippen LogP contribution is 2.22. The number of rotatable bonds is 4. The minimum absolute atomic E-state index is 0.490. The molecule has 1 aromatic carbocycles. The Morgan fingerprint density at radius 3 is 2.95 bits per heavy atom. The van der Waals surface area contributed by atoms with Gasteiger partial charge in [-0.25, -0.2) is 0 Å². The number of nitrogens with zero attached hydrogens (tertiary/aromatic N) is 4. The SMILES string of the molecule is Cn1ccc(-c2noc(-c3cccc(CCN)c3)n2)n1. The molecule has 2 aromatic heterocycles. The molecule has 0 unspecified atom stereocenters. The minimum atomic E-state index is 0.490. The highest BCUT2D eigenvalue weighted by molar-refractivity contribution is 5.57. The molecular formula is C14H15N5O. The molecule has 0 aliphatic heterocycles. The smallest absolute Gasteiger partial charge is 0.258 e. The number of hydrogen-bond donors (Lipinski definition) is 1. The maximum Gasteiger partial charge on any atom is 0.258 e. The van der Waals surface area contributed by atoms with Gasteiger partial charge in [0, 0.05) is 18.8 Å². The van der Waals surface area contributed by atoms with Gasteiger partial charge >= 0.3 is 0 Å². The van der Waals surface area contributed by atoms with Crippen molar-refractivity contribution in [3.63, 3.8) is 0 Å². The second kappa shape index (κ2) is 5.26. The molecule has 0 amide bonds. The molecule has 20 heavy (non-hydrogen) atoms. The Morgan fingerprint density at radius 2 is 2.20 bits per heavy atom. The van der Waals surface area contributed by atoms with Gasteiger partial charge in [0.15, 0.2) is 0 Å². The fourth-order valence-electron chi connectivity index (χ4n) is 2.01. The van der Waals surface area contributed by atoms with E-state index in [0.717, 1.165) is 17.5 Å². The van der Waals surface area contributed by atoms with Crippen LogP contribution in [0.25, 0.3) is 23.0 Å². The Kier molecular flexibility index (Phi) is 3.30. The van der Waals surface area contributed by atoms with Crippen LogP contribution in [0.5, 0.6) is 0 Å². The van der Waals surface area contributed by atoms with E-state index >= 15 is 0 Å². The lowest BCUT2D eigenvalue weighted by atomic mass is 10.1. The molecule has 0 saturated heterocycles. The first-order valence-corrected chi connectivity index (χ1v) is 6.39. The Balaban J connectivity index is 1.91. The molecule has 0 aliphatic rings. The van der Waals surface area contributed by atoms with Crippen molar-refractivity contribution in [3.05, 3.63) is 42.1 Å². The highest BCUT2D eigenvalue weighted by Gasteiger charge is 2.12.